The summed E-state index contributed by atoms with van der Waals surface area (Å²) in [6, 6.07) is 0.521. The van der Waals surface area contributed by atoms with Gasteiger partial charge < -0.3 is 5.32 Å². The molecular weight excluding hydrogens is 204 g/mol. The van der Waals surface area contributed by atoms with Crippen molar-refractivity contribution in [1.82, 2.24) is 10.3 Å². The molecule has 0 saturated carbocycles. The van der Waals surface area contributed by atoms with E-state index in [0.717, 1.165) is 6.54 Å². The van der Waals surface area contributed by atoms with Crippen LogP contribution >= 0.6 is 11.3 Å². The van der Waals surface area contributed by atoms with E-state index >= 15 is 0 Å². The number of aromatic nitrogens is 1. The molecule has 0 aliphatic carbocycles. The molecule has 0 aromatic carbocycles. The average Bonchev–Trinajstić information content (AvgIpc) is 2.78. The van der Waals surface area contributed by atoms with Gasteiger partial charge in [-0.1, -0.05) is 20.3 Å². The number of rotatable bonds is 3. The van der Waals surface area contributed by atoms with E-state index < -0.39 is 0 Å². The summed E-state index contributed by atoms with van der Waals surface area (Å²) in [4.78, 5) is 4.76. The van der Waals surface area contributed by atoms with E-state index in [1.807, 2.05) is 11.3 Å². The van der Waals surface area contributed by atoms with Crippen molar-refractivity contribution < 1.29 is 0 Å². The highest BCUT2D eigenvalue weighted by atomic mass is 32.1. The summed E-state index contributed by atoms with van der Waals surface area (Å²) < 4.78 is 0. The van der Waals surface area contributed by atoms with Gasteiger partial charge >= 0.3 is 0 Å². The van der Waals surface area contributed by atoms with Crippen LogP contribution in [0.2, 0.25) is 0 Å². The predicted molar refractivity (Wildman–Crippen MR) is 65.4 cm³/mol. The smallest absolute Gasteiger partial charge is 0.0957 e. The molecule has 15 heavy (non-hydrogen) atoms. The van der Waals surface area contributed by atoms with E-state index in [1.54, 1.807) is 0 Å². The molecule has 0 spiro atoms. The maximum Gasteiger partial charge on any atom is 0.0957 e. The highest BCUT2D eigenvalue weighted by Gasteiger charge is 2.18. The van der Waals surface area contributed by atoms with Crippen molar-refractivity contribution in [3.63, 3.8) is 0 Å². The maximum absolute atomic E-state index is 4.76. The van der Waals surface area contributed by atoms with E-state index in [2.05, 4.69) is 24.5 Å². The highest BCUT2D eigenvalue weighted by molar-refractivity contribution is 7.09. The van der Waals surface area contributed by atoms with Crippen molar-refractivity contribution in [2.75, 3.05) is 6.54 Å². The largest absolute Gasteiger partial charge is 0.309 e. The Balaban J connectivity index is 2.05. The van der Waals surface area contributed by atoms with Crippen LogP contribution in [0, 0.1) is 0 Å². The van der Waals surface area contributed by atoms with E-state index in [9.17, 15) is 0 Å². The zero-order chi connectivity index (χ0) is 10.7. The van der Waals surface area contributed by atoms with E-state index in [1.165, 1.54) is 36.4 Å². The van der Waals surface area contributed by atoms with Crippen LogP contribution in [0.1, 0.15) is 62.2 Å². The van der Waals surface area contributed by atoms with Crippen LogP contribution in [0.3, 0.4) is 0 Å². The average molecular weight is 224 g/mol. The summed E-state index contributed by atoms with van der Waals surface area (Å²) in [5.41, 5.74) is 1.27. The fourth-order valence-electron chi connectivity index (χ4n) is 1.97. The highest BCUT2D eigenvalue weighted by Crippen LogP contribution is 2.28. The second-order valence-corrected chi connectivity index (χ2v) is 5.31. The Kier molecular flexibility index (Phi) is 3.76. The molecule has 2 heterocycles. The van der Waals surface area contributed by atoms with Crippen molar-refractivity contribution in [2.45, 2.75) is 51.5 Å². The van der Waals surface area contributed by atoms with Crippen LogP contribution in [0.25, 0.3) is 0 Å². The molecule has 0 radical (unpaired) electrons. The lowest BCUT2D eigenvalue weighted by Gasteiger charge is -2.21. The minimum atomic E-state index is 0.521. The summed E-state index contributed by atoms with van der Waals surface area (Å²) in [5.74, 6) is 0.618. The van der Waals surface area contributed by atoms with Crippen molar-refractivity contribution in [1.29, 1.82) is 0 Å². The van der Waals surface area contributed by atoms with Crippen LogP contribution in [0.5, 0.6) is 0 Å². The Hall–Kier alpha value is -0.410. The third-order valence-corrected chi connectivity index (χ3v) is 4.34. The van der Waals surface area contributed by atoms with Crippen molar-refractivity contribution in [3.8, 4) is 0 Å². The predicted octanol–water partition coefficient (Wildman–Crippen LogP) is 3.47. The van der Waals surface area contributed by atoms with Gasteiger partial charge in [0.15, 0.2) is 0 Å². The summed E-state index contributed by atoms with van der Waals surface area (Å²) >= 11 is 1.82. The normalized spacial score (nSPS) is 24.0. The van der Waals surface area contributed by atoms with Crippen molar-refractivity contribution >= 4 is 11.3 Å². The lowest BCUT2D eigenvalue weighted by atomic mass is 10.0. The van der Waals surface area contributed by atoms with Crippen LogP contribution in [0.15, 0.2) is 5.38 Å². The fraction of sp³-hybridized carbons (Fsp3) is 0.750. The Bertz CT molecular complexity index is 302. The number of nitrogens with one attached hydrogen (secondary N) is 1. The van der Waals surface area contributed by atoms with E-state index in [-0.39, 0.29) is 0 Å². The number of nitrogens with zero attached hydrogens (tertiary/aromatic N) is 1. The van der Waals surface area contributed by atoms with Crippen molar-refractivity contribution in [3.05, 3.63) is 16.1 Å². The monoisotopic (exact) mass is 224 g/mol. The Labute approximate surface area is 96.1 Å². The van der Waals surface area contributed by atoms with Crippen molar-refractivity contribution in [2.24, 2.45) is 0 Å². The summed E-state index contributed by atoms with van der Waals surface area (Å²) in [5, 5.41) is 7.10. The zero-order valence-electron chi connectivity index (χ0n) is 9.62. The van der Waals surface area contributed by atoms with Crippen LogP contribution < -0.4 is 5.32 Å². The van der Waals surface area contributed by atoms with Gasteiger partial charge in [-0.05, 0) is 25.8 Å². The molecule has 1 N–H and O–H groups in total. The molecule has 2 unspecified atom stereocenters. The lowest BCUT2D eigenvalue weighted by Crippen LogP contribution is -2.27. The summed E-state index contributed by atoms with van der Waals surface area (Å²) in [6.07, 6.45) is 5.10. The molecule has 0 amide bonds. The molecule has 2 nitrogen and oxygen atoms in total. The van der Waals surface area contributed by atoms with Crippen LogP contribution in [-0.4, -0.2) is 11.5 Å². The van der Waals surface area contributed by atoms with Crippen LogP contribution in [-0.2, 0) is 0 Å². The Morgan fingerprint density at radius 1 is 1.60 bits per heavy atom. The topological polar surface area (TPSA) is 24.9 Å². The van der Waals surface area contributed by atoms with E-state index in [0.29, 0.717) is 12.0 Å². The van der Waals surface area contributed by atoms with Gasteiger partial charge in [0, 0.05) is 11.3 Å². The molecule has 1 aliphatic rings. The van der Waals surface area contributed by atoms with Gasteiger partial charge in [-0.3, -0.25) is 0 Å². The zero-order valence-corrected chi connectivity index (χ0v) is 10.4. The second kappa shape index (κ2) is 5.08. The van der Waals surface area contributed by atoms with Gasteiger partial charge in [0.1, 0.15) is 0 Å². The third-order valence-electron chi connectivity index (χ3n) is 3.24. The van der Waals surface area contributed by atoms with E-state index in [4.69, 9.17) is 4.98 Å². The molecule has 0 bridgehead atoms. The van der Waals surface area contributed by atoms with Gasteiger partial charge in [-0.25, -0.2) is 4.98 Å². The van der Waals surface area contributed by atoms with Gasteiger partial charge in [-0.2, -0.15) is 0 Å². The SMILES string of the molecule is CCC(C)c1nc(C2CCCCN2)cs1. The number of piperidine rings is 1. The Morgan fingerprint density at radius 2 is 2.47 bits per heavy atom. The molecule has 1 aromatic heterocycles. The molecule has 1 fully saturated rings. The Morgan fingerprint density at radius 3 is 3.13 bits per heavy atom. The maximum atomic E-state index is 4.76. The first kappa shape index (κ1) is 11.1. The molecule has 1 aliphatic heterocycles. The molecule has 2 atom stereocenters. The number of hydrogen-bond acceptors (Lipinski definition) is 3. The summed E-state index contributed by atoms with van der Waals surface area (Å²) in [6.45, 7) is 5.64. The van der Waals surface area contributed by atoms with Gasteiger partial charge in [0.25, 0.3) is 0 Å². The summed E-state index contributed by atoms with van der Waals surface area (Å²) in [7, 11) is 0. The second-order valence-electron chi connectivity index (χ2n) is 4.42. The van der Waals surface area contributed by atoms with Gasteiger partial charge in [0.05, 0.1) is 16.7 Å². The quantitative estimate of drug-likeness (QED) is 0.850. The molecule has 1 aromatic rings. The van der Waals surface area contributed by atoms with Gasteiger partial charge in [0.2, 0.25) is 0 Å². The number of thiazole rings is 1. The minimum Gasteiger partial charge on any atom is -0.309 e. The third kappa shape index (κ3) is 2.58. The first-order valence-electron chi connectivity index (χ1n) is 6.00. The molecule has 84 valence electrons. The standard InChI is InChI=1S/C12H20N2S/c1-3-9(2)12-14-11(8-15-12)10-6-4-5-7-13-10/h8-10,13H,3-7H2,1-2H3. The molecular formula is C12H20N2S. The molecule has 2 rings (SSSR count). The minimum absolute atomic E-state index is 0.521. The van der Waals surface area contributed by atoms with Gasteiger partial charge in [-0.15, -0.1) is 11.3 Å². The molecule has 3 heteroatoms. The first-order chi connectivity index (χ1) is 7.31. The lowest BCUT2D eigenvalue weighted by molar-refractivity contribution is 0.406. The van der Waals surface area contributed by atoms with Crippen LogP contribution in [0.4, 0.5) is 0 Å². The molecule has 1 saturated heterocycles. The first-order valence-corrected chi connectivity index (χ1v) is 6.88. The fourth-order valence-corrected chi connectivity index (χ4v) is 2.98. The number of hydrogen-bond donors (Lipinski definition) is 1.